The average Bonchev–Trinajstić information content (AvgIpc) is 2.85. The van der Waals surface area contributed by atoms with Crippen molar-refractivity contribution in [3.05, 3.63) is 54.4 Å². The van der Waals surface area contributed by atoms with Gasteiger partial charge in [0, 0.05) is 6.20 Å². The molecule has 0 N–H and O–H groups in total. The number of urea groups is 1. The van der Waals surface area contributed by atoms with E-state index in [9.17, 15) is 31.2 Å². The molecule has 1 aliphatic heterocycles. The van der Waals surface area contributed by atoms with Gasteiger partial charge in [-0.25, -0.2) is 18.1 Å². The minimum atomic E-state index is -5.51. The van der Waals surface area contributed by atoms with Crippen LogP contribution in [0.3, 0.4) is 0 Å². The summed E-state index contributed by atoms with van der Waals surface area (Å²) >= 11 is 0. The van der Waals surface area contributed by atoms with Crippen LogP contribution in [0.25, 0.3) is 0 Å². The van der Waals surface area contributed by atoms with Crippen LogP contribution in [0.4, 0.5) is 23.7 Å². The van der Waals surface area contributed by atoms with Crippen molar-refractivity contribution in [3.63, 3.8) is 0 Å². The van der Waals surface area contributed by atoms with E-state index >= 15 is 0 Å². The van der Waals surface area contributed by atoms with E-state index in [4.69, 9.17) is 0 Å². The molecule has 1 fully saturated rings. The van der Waals surface area contributed by atoms with Crippen molar-refractivity contribution in [3.8, 4) is 0 Å². The molecular formula is C17H14F3N3O4S. The number of pyridine rings is 1. The van der Waals surface area contributed by atoms with Crippen molar-refractivity contribution >= 4 is 27.5 Å². The Morgan fingerprint density at radius 2 is 1.71 bits per heavy atom. The van der Waals surface area contributed by atoms with E-state index in [-0.39, 0.29) is 12.2 Å². The number of aromatic nitrogens is 1. The zero-order valence-electron chi connectivity index (χ0n) is 14.4. The lowest BCUT2D eigenvalue weighted by Crippen LogP contribution is -2.33. The number of amides is 3. The molecule has 3 rings (SSSR count). The van der Waals surface area contributed by atoms with Gasteiger partial charge in [0.1, 0.15) is 6.04 Å². The fourth-order valence-electron chi connectivity index (χ4n) is 2.72. The summed E-state index contributed by atoms with van der Waals surface area (Å²) in [5, 5.41) is 0. The van der Waals surface area contributed by atoms with Gasteiger partial charge in [0.2, 0.25) is 0 Å². The summed E-state index contributed by atoms with van der Waals surface area (Å²) in [4.78, 5) is 30.4. The summed E-state index contributed by atoms with van der Waals surface area (Å²) in [6, 6.07) is 7.04. The van der Waals surface area contributed by atoms with Crippen LogP contribution in [0, 0.1) is 0 Å². The molecule has 28 heavy (non-hydrogen) atoms. The fraction of sp³-hybridized carbons (Fsp3) is 0.235. The third-order valence-corrected chi connectivity index (χ3v) is 5.75. The predicted octanol–water partition coefficient (Wildman–Crippen LogP) is 2.73. The first-order valence-corrected chi connectivity index (χ1v) is 9.48. The number of hydrogen-bond donors (Lipinski definition) is 0. The van der Waals surface area contributed by atoms with Gasteiger partial charge in [0.25, 0.3) is 15.7 Å². The van der Waals surface area contributed by atoms with E-state index < -0.39 is 38.2 Å². The number of carbonyl (C=O) groups is 2. The summed E-state index contributed by atoms with van der Waals surface area (Å²) in [6.07, 6.45) is 1.54. The van der Waals surface area contributed by atoms with Crippen LogP contribution in [-0.4, -0.2) is 41.8 Å². The average molecular weight is 413 g/mol. The highest BCUT2D eigenvalue weighted by atomic mass is 32.2. The van der Waals surface area contributed by atoms with E-state index in [2.05, 4.69) is 4.98 Å². The number of halogens is 3. The summed E-state index contributed by atoms with van der Waals surface area (Å²) in [7, 11) is -5.51. The first-order valence-electron chi connectivity index (χ1n) is 8.00. The molecular weight excluding hydrogens is 399 g/mol. The van der Waals surface area contributed by atoms with Crippen LogP contribution in [0.2, 0.25) is 0 Å². The Bertz CT molecular complexity index is 1010. The van der Waals surface area contributed by atoms with E-state index in [1.165, 1.54) is 11.8 Å². The molecule has 1 aromatic heterocycles. The molecule has 2 heterocycles. The second-order valence-corrected chi connectivity index (χ2v) is 7.97. The van der Waals surface area contributed by atoms with Gasteiger partial charge in [0.15, 0.2) is 0 Å². The minimum Gasteiger partial charge on any atom is -0.306 e. The molecule has 2 aromatic rings. The highest BCUT2D eigenvalue weighted by Gasteiger charge is 2.47. The van der Waals surface area contributed by atoms with Gasteiger partial charge < -0.3 is 4.90 Å². The van der Waals surface area contributed by atoms with Gasteiger partial charge in [0.05, 0.1) is 22.8 Å². The summed E-state index contributed by atoms with van der Waals surface area (Å²) in [5.41, 5.74) is -4.91. The molecule has 1 atom stereocenters. The third-order valence-electron chi connectivity index (χ3n) is 4.25. The molecule has 11 heteroatoms. The van der Waals surface area contributed by atoms with E-state index in [1.807, 2.05) is 0 Å². The first kappa shape index (κ1) is 19.8. The van der Waals surface area contributed by atoms with Crippen molar-refractivity contribution in [1.29, 1.82) is 0 Å². The summed E-state index contributed by atoms with van der Waals surface area (Å²) < 4.78 is 60.8. The van der Waals surface area contributed by atoms with Crippen molar-refractivity contribution in [2.45, 2.75) is 29.9 Å². The van der Waals surface area contributed by atoms with Gasteiger partial charge in [-0.15, -0.1) is 0 Å². The van der Waals surface area contributed by atoms with Gasteiger partial charge in [-0.2, -0.15) is 13.2 Å². The number of alkyl halides is 3. The van der Waals surface area contributed by atoms with Gasteiger partial charge in [-0.3, -0.25) is 9.78 Å². The zero-order chi connectivity index (χ0) is 20.7. The fourth-order valence-corrected chi connectivity index (χ4v) is 3.49. The number of rotatable bonds is 4. The predicted molar refractivity (Wildman–Crippen MR) is 91.8 cm³/mol. The Kier molecular flexibility index (Phi) is 4.88. The standard InChI is InChI=1S/C17H14F3N3O4S/c1-11-15(24)23(16(25)22(11)10-12-4-2-3-9-21-12)13-5-7-14(8-6-13)28(26,27)17(18,19)20/h2-9,11H,10H2,1H3/t11-/m0/s1. The maximum Gasteiger partial charge on any atom is 0.501 e. The van der Waals surface area contributed by atoms with Crippen LogP contribution in [0.5, 0.6) is 0 Å². The third kappa shape index (κ3) is 3.33. The second kappa shape index (κ2) is 6.89. The second-order valence-electron chi connectivity index (χ2n) is 6.02. The number of imide groups is 1. The van der Waals surface area contributed by atoms with Crippen molar-refractivity contribution in [2.24, 2.45) is 0 Å². The lowest BCUT2D eigenvalue weighted by Gasteiger charge is -2.19. The molecule has 0 unspecified atom stereocenters. The lowest BCUT2D eigenvalue weighted by molar-refractivity contribution is -0.119. The highest BCUT2D eigenvalue weighted by Crippen LogP contribution is 2.32. The maximum atomic E-state index is 12.7. The molecule has 148 valence electrons. The number of anilines is 1. The molecule has 7 nitrogen and oxygen atoms in total. The van der Waals surface area contributed by atoms with Gasteiger partial charge in [-0.05, 0) is 43.3 Å². The molecule has 1 aromatic carbocycles. The van der Waals surface area contributed by atoms with E-state index in [1.54, 1.807) is 24.4 Å². The highest BCUT2D eigenvalue weighted by molar-refractivity contribution is 7.92. The van der Waals surface area contributed by atoms with Crippen LogP contribution in [0.1, 0.15) is 12.6 Å². The van der Waals surface area contributed by atoms with Crippen LogP contribution >= 0.6 is 0 Å². The zero-order valence-corrected chi connectivity index (χ0v) is 15.2. The number of hydrogen-bond acceptors (Lipinski definition) is 5. The largest absolute Gasteiger partial charge is 0.501 e. The molecule has 1 saturated heterocycles. The number of nitrogens with zero attached hydrogens (tertiary/aromatic N) is 3. The van der Waals surface area contributed by atoms with E-state index in [0.717, 1.165) is 17.0 Å². The van der Waals surface area contributed by atoms with Crippen molar-refractivity contribution < 1.29 is 31.2 Å². The maximum absolute atomic E-state index is 12.7. The Morgan fingerprint density at radius 3 is 2.25 bits per heavy atom. The number of sulfone groups is 1. The van der Waals surface area contributed by atoms with Crippen LogP contribution in [-0.2, 0) is 21.2 Å². The number of carbonyl (C=O) groups excluding carboxylic acids is 2. The van der Waals surface area contributed by atoms with Crippen molar-refractivity contribution in [2.75, 3.05) is 4.90 Å². The topological polar surface area (TPSA) is 87.7 Å². The molecule has 0 spiro atoms. The Morgan fingerprint density at radius 1 is 1.07 bits per heavy atom. The van der Waals surface area contributed by atoms with Crippen molar-refractivity contribution in [1.82, 2.24) is 9.88 Å². The van der Waals surface area contributed by atoms with E-state index in [0.29, 0.717) is 17.8 Å². The summed E-state index contributed by atoms with van der Waals surface area (Å²) in [5.74, 6) is -0.577. The minimum absolute atomic E-state index is 0.0218. The van der Waals surface area contributed by atoms with Crippen LogP contribution in [0.15, 0.2) is 53.6 Å². The molecule has 0 aliphatic carbocycles. The normalized spacial score (nSPS) is 18.1. The SMILES string of the molecule is C[C@H]1C(=O)N(c2ccc(S(=O)(=O)C(F)(F)F)cc2)C(=O)N1Cc1ccccn1. The molecule has 0 saturated carbocycles. The Balaban J connectivity index is 1.87. The molecule has 0 bridgehead atoms. The quantitative estimate of drug-likeness (QED) is 0.720. The van der Waals surface area contributed by atoms with Gasteiger partial charge >= 0.3 is 11.5 Å². The molecule has 3 amide bonds. The molecule has 0 radical (unpaired) electrons. The first-order chi connectivity index (χ1) is 13.0. The Hall–Kier alpha value is -2.95. The monoisotopic (exact) mass is 413 g/mol. The Labute approximate surface area is 158 Å². The van der Waals surface area contributed by atoms with Gasteiger partial charge in [-0.1, -0.05) is 6.07 Å². The summed E-state index contributed by atoms with van der Waals surface area (Å²) in [6.45, 7) is 1.59. The molecule has 1 aliphatic rings. The smallest absolute Gasteiger partial charge is 0.306 e. The number of benzene rings is 1. The lowest BCUT2D eigenvalue weighted by atomic mass is 10.2. The van der Waals surface area contributed by atoms with Crippen LogP contribution < -0.4 is 4.90 Å².